The molecule has 0 radical (unpaired) electrons. The van der Waals surface area contributed by atoms with Crippen LogP contribution in [0.25, 0.3) is 0 Å². The molecule has 0 unspecified atom stereocenters. The standard InChI is InChI=1S/C14H17NO4/c16-14(19-10-11-4-2-1-3-5-11)12-6-8-13(9-7-12)15(17)18/h6-9,11H,1-5,10H2. The van der Waals surface area contributed by atoms with Gasteiger partial charge in [0.05, 0.1) is 17.1 Å². The predicted octanol–water partition coefficient (Wildman–Crippen LogP) is 3.33. The zero-order chi connectivity index (χ0) is 13.7. The second-order valence-electron chi connectivity index (χ2n) is 4.91. The van der Waals surface area contributed by atoms with Crippen LogP contribution in [-0.4, -0.2) is 17.5 Å². The fraction of sp³-hybridized carbons (Fsp3) is 0.500. The van der Waals surface area contributed by atoms with E-state index in [1.807, 2.05) is 0 Å². The molecule has 0 aliphatic heterocycles. The van der Waals surface area contributed by atoms with Crippen LogP contribution in [0.2, 0.25) is 0 Å². The van der Waals surface area contributed by atoms with Gasteiger partial charge in [-0.2, -0.15) is 0 Å². The molecule has 0 saturated heterocycles. The molecular weight excluding hydrogens is 246 g/mol. The van der Waals surface area contributed by atoms with Crippen LogP contribution in [0.4, 0.5) is 5.69 Å². The molecule has 0 heterocycles. The van der Waals surface area contributed by atoms with Crippen LogP contribution in [0.1, 0.15) is 42.5 Å². The largest absolute Gasteiger partial charge is 0.462 e. The molecule has 0 aromatic heterocycles. The van der Waals surface area contributed by atoms with Crippen LogP contribution >= 0.6 is 0 Å². The highest BCUT2D eigenvalue weighted by molar-refractivity contribution is 5.89. The van der Waals surface area contributed by atoms with Gasteiger partial charge in [0.2, 0.25) is 0 Å². The lowest BCUT2D eigenvalue weighted by atomic mass is 9.90. The number of ether oxygens (including phenoxy) is 1. The van der Waals surface area contributed by atoms with Gasteiger partial charge in [0.25, 0.3) is 5.69 Å². The third-order valence-corrected chi connectivity index (χ3v) is 3.49. The first-order valence-electron chi connectivity index (χ1n) is 6.58. The minimum Gasteiger partial charge on any atom is -0.462 e. The van der Waals surface area contributed by atoms with Crippen LogP contribution in [0, 0.1) is 16.0 Å². The molecule has 1 aromatic carbocycles. The van der Waals surface area contributed by atoms with Crippen molar-refractivity contribution in [3.8, 4) is 0 Å². The third kappa shape index (κ3) is 3.77. The Labute approximate surface area is 111 Å². The van der Waals surface area contributed by atoms with E-state index in [4.69, 9.17) is 4.74 Å². The van der Waals surface area contributed by atoms with E-state index in [2.05, 4.69) is 0 Å². The van der Waals surface area contributed by atoms with Gasteiger partial charge in [0, 0.05) is 12.1 Å². The van der Waals surface area contributed by atoms with Gasteiger partial charge in [0.1, 0.15) is 0 Å². The topological polar surface area (TPSA) is 69.4 Å². The number of carbonyl (C=O) groups excluding carboxylic acids is 1. The van der Waals surface area contributed by atoms with Crippen molar-refractivity contribution in [2.24, 2.45) is 5.92 Å². The number of non-ortho nitro benzene ring substituents is 1. The summed E-state index contributed by atoms with van der Waals surface area (Å²) < 4.78 is 5.26. The van der Waals surface area contributed by atoms with Crippen molar-refractivity contribution in [3.63, 3.8) is 0 Å². The normalized spacial score (nSPS) is 16.0. The first-order valence-corrected chi connectivity index (χ1v) is 6.58. The van der Waals surface area contributed by atoms with Gasteiger partial charge in [-0.05, 0) is 30.9 Å². The van der Waals surface area contributed by atoms with E-state index in [0.717, 1.165) is 12.8 Å². The van der Waals surface area contributed by atoms with Crippen molar-refractivity contribution in [3.05, 3.63) is 39.9 Å². The Morgan fingerprint density at radius 3 is 2.42 bits per heavy atom. The molecule has 1 saturated carbocycles. The van der Waals surface area contributed by atoms with Gasteiger partial charge in [-0.25, -0.2) is 4.79 Å². The zero-order valence-corrected chi connectivity index (χ0v) is 10.7. The summed E-state index contributed by atoms with van der Waals surface area (Å²) >= 11 is 0. The fourth-order valence-corrected chi connectivity index (χ4v) is 2.35. The summed E-state index contributed by atoms with van der Waals surface area (Å²) in [6.45, 7) is 0.454. The highest BCUT2D eigenvalue weighted by Crippen LogP contribution is 2.24. The number of hydrogen-bond donors (Lipinski definition) is 0. The molecule has 5 heteroatoms. The Balaban J connectivity index is 1.86. The second kappa shape index (κ2) is 6.31. The number of nitro benzene ring substituents is 1. The van der Waals surface area contributed by atoms with E-state index in [0.29, 0.717) is 18.1 Å². The molecule has 1 fully saturated rings. The Kier molecular flexibility index (Phi) is 4.49. The Morgan fingerprint density at radius 1 is 1.21 bits per heavy atom. The Bertz CT molecular complexity index is 449. The lowest BCUT2D eigenvalue weighted by Gasteiger charge is -2.20. The van der Waals surface area contributed by atoms with Crippen LogP contribution in [0.15, 0.2) is 24.3 Å². The number of rotatable bonds is 4. The van der Waals surface area contributed by atoms with Crippen molar-refractivity contribution < 1.29 is 14.5 Å². The number of carbonyl (C=O) groups is 1. The van der Waals surface area contributed by atoms with Crippen molar-refractivity contribution in [1.82, 2.24) is 0 Å². The van der Waals surface area contributed by atoms with E-state index in [1.54, 1.807) is 0 Å². The average molecular weight is 263 g/mol. The van der Waals surface area contributed by atoms with Gasteiger partial charge in [-0.1, -0.05) is 19.3 Å². The zero-order valence-electron chi connectivity index (χ0n) is 10.7. The molecule has 0 atom stereocenters. The summed E-state index contributed by atoms with van der Waals surface area (Å²) in [6, 6.07) is 5.50. The molecule has 102 valence electrons. The summed E-state index contributed by atoms with van der Waals surface area (Å²) in [6.07, 6.45) is 5.92. The van der Waals surface area contributed by atoms with Crippen molar-refractivity contribution in [1.29, 1.82) is 0 Å². The summed E-state index contributed by atoms with van der Waals surface area (Å²) in [7, 11) is 0. The summed E-state index contributed by atoms with van der Waals surface area (Å²) in [5, 5.41) is 10.5. The second-order valence-corrected chi connectivity index (χ2v) is 4.91. The maximum absolute atomic E-state index is 11.8. The smallest absolute Gasteiger partial charge is 0.338 e. The first kappa shape index (κ1) is 13.5. The molecule has 19 heavy (non-hydrogen) atoms. The number of esters is 1. The number of nitro groups is 1. The maximum atomic E-state index is 11.8. The fourth-order valence-electron chi connectivity index (χ4n) is 2.35. The Hall–Kier alpha value is -1.91. The van der Waals surface area contributed by atoms with Gasteiger partial charge >= 0.3 is 5.97 Å². The third-order valence-electron chi connectivity index (χ3n) is 3.49. The van der Waals surface area contributed by atoms with Crippen LogP contribution < -0.4 is 0 Å². The quantitative estimate of drug-likeness (QED) is 0.474. The van der Waals surface area contributed by atoms with E-state index in [1.165, 1.54) is 43.5 Å². The molecule has 0 spiro atoms. The molecule has 1 aliphatic carbocycles. The average Bonchev–Trinajstić information content (AvgIpc) is 2.46. The van der Waals surface area contributed by atoms with Crippen molar-refractivity contribution in [2.45, 2.75) is 32.1 Å². The molecule has 2 rings (SSSR count). The maximum Gasteiger partial charge on any atom is 0.338 e. The van der Waals surface area contributed by atoms with Gasteiger partial charge in [0.15, 0.2) is 0 Å². The minimum absolute atomic E-state index is 0.0242. The molecule has 0 bridgehead atoms. The molecule has 1 aliphatic rings. The van der Waals surface area contributed by atoms with Crippen LogP contribution in [0.3, 0.4) is 0 Å². The Morgan fingerprint density at radius 2 is 1.84 bits per heavy atom. The lowest BCUT2D eigenvalue weighted by Crippen LogP contribution is -2.16. The number of benzene rings is 1. The van der Waals surface area contributed by atoms with Crippen molar-refractivity contribution >= 4 is 11.7 Å². The van der Waals surface area contributed by atoms with E-state index < -0.39 is 10.9 Å². The summed E-state index contributed by atoms with van der Waals surface area (Å²) in [5.74, 6) is 0.0659. The monoisotopic (exact) mass is 263 g/mol. The van der Waals surface area contributed by atoms with Gasteiger partial charge in [-0.15, -0.1) is 0 Å². The predicted molar refractivity (Wildman–Crippen MR) is 70.0 cm³/mol. The molecule has 1 aromatic rings. The highest BCUT2D eigenvalue weighted by atomic mass is 16.6. The number of hydrogen-bond acceptors (Lipinski definition) is 4. The molecule has 0 amide bonds. The molecule has 5 nitrogen and oxygen atoms in total. The minimum atomic E-state index is -0.489. The van der Waals surface area contributed by atoms with Gasteiger partial charge in [-0.3, -0.25) is 10.1 Å². The van der Waals surface area contributed by atoms with E-state index in [-0.39, 0.29) is 5.69 Å². The van der Waals surface area contributed by atoms with Crippen LogP contribution in [-0.2, 0) is 4.74 Å². The summed E-state index contributed by atoms with van der Waals surface area (Å²) in [5.41, 5.74) is 0.338. The van der Waals surface area contributed by atoms with Crippen molar-refractivity contribution in [2.75, 3.05) is 6.61 Å². The SMILES string of the molecule is O=C(OCC1CCCCC1)c1ccc([N+](=O)[O-])cc1. The van der Waals surface area contributed by atoms with E-state index >= 15 is 0 Å². The summed E-state index contributed by atoms with van der Waals surface area (Å²) in [4.78, 5) is 21.8. The number of nitrogens with zero attached hydrogens (tertiary/aromatic N) is 1. The first-order chi connectivity index (χ1) is 9.16. The molecule has 0 N–H and O–H groups in total. The molecular formula is C14H17NO4. The highest BCUT2D eigenvalue weighted by Gasteiger charge is 2.16. The van der Waals surface area contributed by atoms with Gasteiger partial charge < -0.3 is 4.74 Å². The lowest BCUT2D eigenvalue weighted by molar-refractivity contribution is -0.384. The van der Waals surface area contributed by atoms with E-state index in [9.17, 15) is 14.9 Å². The van der Waals surface area contributed by atoms with Crippen LogP contribution in [0.5, 0.6) is 0 Å².